The van der Waals surface area contributed by atoms with Crippen molar-refractivity contribution in [3.63, 3.8) is 0 Å². The second-order valence-corrected chi connectivity index (χ2v) is 1.83. The SMILES string of the molecule is O=C1OC(O)C(O)(CO)O1. The largest absolute Gasteiger partial charge is 0.513 e. The fraction of sp³-hybridized carbons (Fsp3) is 0.750. The van der Waals surface area contributed by atoms with E-state index in [1.54, 1.807) is 0 Å². The highest BCUT2D eigenvalue weighted by atomic mass is 16.9. The lowest BCUT2D eigenvalue weighted by atomic mass is 10.3. The van der Waals surface area contributed by atoms with Crippen LogP contribution in [0.1, 0.15) is 0 Å². The van der Waals surface area contributed by atoms with Crippen LogP contribution in [0, 0.1) is 0 Å². The Morgan fingerprint density at radius 2 is 2.30 bits per heavy atom. The van der Waals surface area contributed by atoms with Gasteiger partial charge in [-0.05, 0) is 0 Å². The quantitative estimate of drug-likeness (QED) is 0.380. The number of cyclic esters (lactones) is 2. The number of aliphatic hydroxyl groups is 3. The predicted molar refractivity (Wildman–Crippen MR) is 25.6 cm³/mol. The molecule has 6 nitrogen and oxygen atoms in total. The van der Waals surface area contributed by atoms with Crippen molar-refractivity contribution < 1.29 is 29.6 Å². The van der Waals surface area contributed by atoms with Crippen LogP contribution >= 0.6 is 0 Å². The van der Waals surface area contributed by atoms with Gasteiger partial charge in [0.05, 0.1) is 0 Å². The Hall–Kier alpha value is -0.850. The number of rotatable bonds is 1. The van der Waals surface area contributed by atoms with Crippen LogP contribution in [0.5, 0.6) is 0 Å². The first kappa shape index (κ1) is 7.26. The topological polar surface area (TPSA) is 96.2 Å². The number of hydrogen-bond acceptors (Lipinski definition) is 6. The summed E-state index contributed by atoms with van der Waals surface area (Å²) >= 11 is 0. The van der Waals surface area contributed by atoms with Crippen LogP contribution in [-0.4, -0.2) is 40.2 Å². The van der Waals surface area contributed by atoms with Gasteiger partial charge in [-0.15, -0.1) is 0 Å². The van der Waals surface area contributed by atoms with Crippen LogP contribution in [0.15, 0.2) is 0 Å². The molecule has 1 aliphatic rings. The van der Waals surface area contributed by atoms with Gasteiger partial charge in [-0.3, -0.25) is 0 Å². The molecular formula is C4H6O6. The third-order valence-corrected chi connectivity index (χ3v) is 1.08. The summed E-state index contributed by atoms with van der Waals surface area (Å²) < 4.78 is 7.96. The van der Waals surface area contributed by atoms with E-state index in [9.17, 15) is 4.79 Å². The first-order valence-corrected chi connectivity index (χ1v) is 2.49. The minimum Gasteiger partial charge on any atom is -0.397 e. The summed E-state index contributed by atoms with van der Waals surface area (Å²) in [6, 6.07) is 0. The Kier molecular flexibility index (Phi) is 1.51. The molecule has 0 radical (unpaired) electrons. The maximum atomic E-state index is 10.2. The average molecular weight is 150 g/mol. The Bertz CT molecular complexity index is 156. The van der Waals surface area contributed by atoms with Crippen molar-refractivity contribution in [2.75, 3.05) is 6.61 Å². The zero-order chi connectivity index (χ0) is 7.78. The van der Waals surface area contributed by atoms with Gasteiger partial charge in [0.25, 0.3) is 6.29 Å². The lowest BCUT2D eigenvalue weighted by molar-refractivity contribution is -0.240. The molecule has 0 aromatic carbocycles. The van der Waals surface area contributed by atoms with E-state index >= 15 is 0 Å². The second kappa shape index (κ2) is 2.08. The molecule has 2 unspecified atom stereocenters. The summed E-state index contributed by atoms with van der Waals surface area (Å²) in [4.78, 5) is 10.2. The summed E-state index contributed by atoms with van der Waals surface area (Å²) in [5.74, 6) is -2.29. The minimum atomic E-state index is -2.29. The highest BCUT2D eigenvalue weighted by Crippen LogP contribution is 2.21. The van der Waals surface area contributed by atoms with Gasteiger partial charge in [0.2, 0.25) is 0 Å². The van der Waals surface area contributed by atoms with E-state index in [4.69, 9.17) is 15.3 Å². The van der Waals surface area contributed by atoms with Gasteiger partial charge in [-0.2, -0.15) is 0 Å². The molecule has 6 heteroatoms. The summed E-state index contributed by atoms with van der Waals surface area (Å²) in [7, 11) is 0. The van der Waals surface area contributed by atoms with Gasteiger partial charge in [0.1, 0.15) is 6.61 Å². The zero-order valence-corrected chi connectivity index (χ0v) is 4.85. The molecule has 0 spiro atoms. The highest BCUT2D eigenvalue weighted by molar-refractivity contribution is 5.62. The zero-order valence-electron chi connectivity index (χ0n) is 4.85. The van der Waals surface area contributed by atoms with Crippen molar-refractivity contribution in [1.82, 2.24) is 0 Å². The summed E-state index contributed by atoms with van der Waals surface area (Å²) in [6.45, 7) is -0.903. The van der Waals surface area contributed by atoms with Gasteiger partial charge in [0.15, 0.2) is 0 Å². The fourth-order valence-electron chi connectivity index (χ4n) is 0.512. The maximum absolute atomic E-state index is 10.2. The highest BCUT2D eigenvalue weighted by Gasteiger charge is 2.49. The van der Waals surface area contributed by atoms with Gasteiger partial charge in [0, 0.05) is 0 Å². The lowest BCUT2D eigenvalue weighted by Crippen LogP contribution is -2.43. The third-order valence-electron chi connectivity index (χ3n) is 1.08. The van der Waals surface area contributed by atoms with Crippen LogP contribution in [0.4, 0.5) is 4.79 Å². The van der Waals surface area contributed by atoms with Crippen molar-refractivity contribution in [3.8, 4) is 0 Å². The molecule has 58 valence electrons. The molecule has 2 atom stereocenters. The van der Waals surface area contributed by atoms with E-state index in [0.29, 0.717) is 0 Å². The van der Waals surface area contributed by atoms with E-state index in [-0.39, 0.29) is 0 Å². The molecule has 10 heavy (non-hydrogen) atoms. The smallest absolute Gasteiger partial charge is 0.397 e. The number of ether oxygens (including phenoxy) is 2. The molecule has 1 aliphatic heterocycles. The fourth-order valence-corrected chi connectivity index (χ4v) is 0.512. The summed E-state index contributed by atoms with van der Waals surface area (Å²) in [5, 5.41) is 25.9. The van der Waals surface area contributed by atoms with E-state index in [0.717, 1.165) is 0 Å². The van der Waals surface area contributed by atoms with Gasteiger partial charge >= 0.3 is 11.9 Å². The van der Waals surface area contributed by atoms with Crippen molar-refractivity contribution in [2.24, 2.45) is 0 Å². The number of carbonyl (C=O) groups excluding carboxylic acids is 1. The van der Waals surface area contributed by atoms with Crippen molar-refractivity contribution >= 4 is 6.16 Å². The standard InChI is InChI=1S/C4H6O6/c5-1-4(8)2(6)9-3(7)10-4/h2,5-6,8H,1H2. The van der Waals surface area contributed by atoms with Gasteiger partial charge in [-0.25, -0.2) is 4.79 Å². The molecule has 1 rings (SSSR count). The van der Waals surface area contributed by atoms with Crippen molar-refractivity contribution in [2.45, 2.75) is 12.1 Å². The first-order chi connectivity index (χ1) is 4.58. The summed E-state index contributed by atoms with van der Waals surface area (Å²) in [5.41, 5.74) is 0. The van der Waals surface area contributed by atoms with E-state index in [1.165, 1.54) is 0 Å². The molecule has 0 bridgehead atoms. The molecule has 0 saturated carbocycles. The molecule has 3 N–H and O–H groups in total. The first-order valence-electron chi connectivity index (χ1n) is 2.49. The van der Waals surface area contributed by atoms with Crippen LogP contribution in [-0.2, 0) is 9.47 Å². The van der Waals surface area contributed by atoms with Gasteiger partial charge < -0.3 is 24.8 Å². The van der Waals surface area contributed by atoms with Crippen LogP contribution < -0.4 is 0 Å². The predicted octanol–water partition coefficient (Wildman–Crippen LogP) is -1.85. The molecular weight excluding hydrogens is 144 g/mol. The maximum Gasteiger partial charge on any atom is 0.513 e. The van der Waals surface area contributed by atoms with Crippen LogP contribution in [0.3, 0.4) is 0 Å². The molecule has 1 heterocycles. The molecule has 0 aromatic heterocycles. The van der Waals surface area contributed by atoms with Crippen molar-refractivity contribution in [1.29, 1.82) is 0 Å². The molecule has 0 aromatic rings. The Balaban J connectivity index is 2.70. The Morgan fingerprint density at radius 3 is 2.50 bits per heavy atom. The van der Waals surface area contributed by atoms with E-state index in [2.05, 4.69) is 9.47 Å². The van der Waals surface area contributed by atoms with E-state index < -0.39 is 24.8 Å². The normalized spacial score (nSPS) is 39.1. The van der Waals surface area contributed by atoms with E-state index in [1.807, 2.05) is 0 Å². The Morgan fingerprint density at radius 1 is 1.70 bits per heavy atom. The Labute approximate surface area is 55.6 Å². The van der Waals surface area contributed by atoms with Crippen LogP contribution in [0.2, 0.25) is 0 Å². The number of aliphatic hydroxyl groups excluding tert-OH is 2. The minimum absolute atomic E-state index is 0.903. The lowest BCUT2D eigenvalue weighted by Gasteiger charge is -2.17. The third kappa shape index (κ3) is 0.919. The number of carbonyl (C=O) groups is 1. The second-order valence-electron chi connectivity index (χ2n) is 1.83. The molecule has 1 fully saturated rings. The molecule has 1 saturated heterocycles. The number of hydrogen-bond donors (Lipinski definition) is 3. The average Bonchev–Trinajstić information content (AvgIpc) is 2.09. The molecule has 0 aliphatic carbocycles. The molecule has 0 amide bonds. The van der Waals surface area contributed by atoms with Crippen molar-refractivity contribution in [3.05, 3.63) is 0 Å². The van der Waals surface area contributed by atoms with Gasteiger partial charge in [-0.1, -0.05) is 0 Å². The summed E-state index contributed by atoms with van der Waals surface area (Å²) in [6.07, 6.45) is -3.02. The monoisotopic (exact) mass is 150 g/mol. The van der Waals surface area contributed by atoms with Crippen LogP contribution in [0.25, 0.3) is 0 Å².